The molecular formula is C13H11BrF3NO2. The second-order valence-electron chi connectivity index (χ2n) is 3.89. The summed E-state index contributed by atoms with van der Waals surface area (Å²) < 4.78 is 43.8. The summed E-state index contributed by atoms with van der Waals surface area (Å²) in [4.78, 5) is 11.4. The minimum absolute atomic E-state index is 0.0973. The van der Waals surface area contributed by atoms with Crippen molar-refractivity contribution in [3.05, 3.63) is 34.4 Å². The molecule has 0 bridgehead atoms. The number of benzene rings is 1. The van der Waals surface area contributed by atoms with Gasteiger partial charge in [-0.25, -0.2) is 0 Å². The minimum Gasteiger partial charge on any atom is -0.466 e. The molecule has 0 amide bonds. The van der Waals surface area contributed by atoms with Gasteiger partial charge in [0.2, 0.25) is 0 Å². The third-order valence-corrected chi connectivity index (χ3v) is 3.15. The number of alkyl halides is 4. The van der Waals surface area contributed by atoms with E-state index in [2.05, 4.69) is 20.7 Å². The highest BCUT2D eigenvalue weighted by atomic mass is 79.9. The van der Waals surface area contributed by atoms with E-state index in [1.165, 1.54) is 6.07 Å². The van der Waals surface area contributed by atoms with Crippen LogP contribution in [0.4, 0.5) is 13.2 Å². The fourth-order valence-corrected chi connectivity index (χ4v) is 2.23. The molecule has 1 aromatic rings. The molecule has 0 saturated carbocycles. The third-order valence-electron chi connectivity index (χ3n) is 2.55. The fourth-order valence-electron chi connectivity index (χ4n) is 1.73. The molecule has 7 heteroatoms. The lowest BCUT2D eigenvalue weighted by atomic mass is 9.96. The molecule has 0 atom stereocenters. The maximum absolute atomic E-state index is 13.0. The lowest BCUT2D eigenvalue weighted by molar-refractivity contribution is -0.143. The van der Waals surface area contributed by atoms with Crippen molar-refractivity contribution in [1.29, 1.82) is 5.26 Å². The van der Waals surface area contributed by atoms with Gasteiger partial charge in [-0.15, -0.1) is 0 Å². The summed E-state index contributed by atoms with van der Waals surface area (Å²) >= 11 is 3.07. The van der Waals surface area contributed by atoms with E-state index in [1.807, 2.05) is 0 Å². The Kier molecular flexibility index (Phi) is 5.57. The lowest BCUT2D eigenvalue weighted by Crippen LogP contribution is -2.16. The molecular weight excluding hydrogens is 339 g/mol. The van der Waals surface area contributed by atoms with Crippen LogP contribution in [0.5, 0.6) is 0 Å². The highest BCUT2D eigenvalue weighted by molar-refractivity contribution is 9.08. The molecule has 20 heavy (non-hydrogen) atoms. The quantitative estimate of drug-likeness (QED) is 0.616. The van der Waals surface area contributed by atoms with Crippen molar-refractivity contribution < 1.29 is 22.7 Å². The summed E-state index contributed by atoms with van der Waals surface area (Å²) in [5, 5.41) is 8.89. The molecule has 0 N–H and O–H groups in total. The normalized spacial score (nSPS) is 11.0. The van der Waals surface area contributed by atoms with Crippen molar-refractivity contribution in [2.75, 3.05) is 6.61 Å². The topological polar surface area (TPSA) is 50.1 Å². The second-order valence-corrected chi connectivity index (χ2v) is 4.45. The average molecular weight is 350 g/mol. The Morgan fingerprint density at radius 2 is 2.10 bits per heavy atom. The molecule has 0 unspecified atom stereocenters. The molecule has 108 valence electrons. The van der Waals surface area contributed by atoms with E-state index in [0.29, 0.717) is 0 Å². The van der Waals surface area contributed by atoms with Crippen molar-refractivity contribution in [3.8, 4) is 6.07 Å². The van der Waals surface area contributed by atoms with Gasteiger partial charge >= 0.3 is 12.1 Å². The standard InChI is InChI=1S/C13H11BrF3NO2/c1-2-20-12(19)5-10-9(6-14)3-8(7-18)4-11(10)13(15,16)17/h3-4H,2,5-6H2,1H3. The van der Waals surface area contributed by atoms with Crippen LogP contribution in [0, 0.1) is 11.3 Å². The van der Waals surface area contributed by atoms with Gasteiger partial charge in [0.05, 0.1) is 30.2 Å². The van der Waals surface area contributed by atoms with E-state index in [0.717, 1.165) is 6.07 Å². The van der Waals surface area contributed by atoms with Crippen LogP contribution in [0.25, 0.3) is 0 Å². The maximum atomic E-state index is 13.0. The monoisotopic (exact) mass is 349 g/mol. The molecule has 0 saturated heterocycles. The highest BCUT2D eigenvalue weighted by Gasteiger charge is 2.35. The van der Waals surface area contributed by atoms with Crippen LogP contribution in [-0.2, 0) is 27.5 Å². The first-order valence-electron chi connectivity index (χ1n) is 5.68. The average Bonchev–Trinajstić information content (AvgIpc) is 2.37. The smallest absolute Gasteiger partial charge is 0.416 e. The Morgan fingerprint density at radius 3 is 2.55 bits per heavy atom. The molecule has 1 aromatic carbocycles. The first-order valence-corrected chi connectivity index (χ1v) is 6.80. The van der Waals surface area contributed by atoms with Gasteiger partial charge in [-0.05, 0) is 30.2 Å². The van der Waals surface area contributed by atoms with Gasteiger partial charge in [-0.3, -0.25) is 4.79 Å². The first kappa shape index (κ1) is 16.5. The zero-order valence-electron chi connectivity index (χ0n) is 10.6. The number of halogens is 4. The fraction of sp³-hybridized carbons (Fsp3) is 0.385. The van der Waals surface area contributed by atoms with Crippen LogP contribution in [-0.4, -0.2) is 12.6 Å². The van der Waals surface area contributed by atoms with Crippen molar-refractivity contribution in [2.45, 2.75) is 24.9 Å². The predicted octanol–water partition coefficient (Wildman–Crippen LogP) is 3.58. The van der Waals surface area contributed by atoms with Crippen LogP contribution < -0.4 is 0 Å². The number of carbonyl (C=O) groups excluding carboxylic acids is 1. The summed E-state index contributed by atoms with van der Waals surface area (Å²) in [6, 6.07) is 3.77. The van der Waals surface area contributed by atoms with Gasteiger partial charge in [-0.1, -0.05) is 15.9 Å². The van der Waals surface area contributed by atoms with Crippen LogP contribution in [0.2, 0.25) is 0 Å². The van der Waals surface area contributed by atoms with E-state index in [9.17, 15) is 18.0 Å². The SMILES string of the molecule is CCOC(=O)Cc1c(CBr)cc(C#N)cc1C(F)(F)F. The van der Waals surface area contributed by atoms with Crippen molar-refractivity contribution in [3.63, 3.8) is 0 Å². The van der Waals surface area contributed by atoms with Crippen molar-refractivity contribution >= 4 is 21.9 Å². The number of hydrogen-bond acceptors (Lipinski definition) is 3. The number of nitriles is 1. The van der Waals surface area contributed by atoms with E-state index >= 15 is 0 Å². The molecule has 0 aliphatic heterocycles. The van der Waals surface area contributed by atoms with Crippen LogP contribution in [0.15, 0.2) is 12.1 Å². The molecule has 0 spiro atoms. The summed E-state index contributed by atoms with van der Waals surface area (Å²) in [6.45, 7) is 1.67. The molecule has 0 aromatic heterocycles. The van der Waals surface area contributed by atoms with E-state index in [1.54, 1.807) is 13.0 Å². The highest BCUT2D eigenvalue weighted by Crippen LogP contribution is 2.35. The number of ether oxygens (including phenoxy) is 1. The van der Waals surface area contributed by atoms with E-state index in [4.69, 9.17) is 5.26 Å². The zero-order chi connectivity index (χ0) is 15.3. The molecule has 1 rings (SSSR count). The Hall–Kier alpha value is -1.55. The summed E-state index contributed by atoms with van der Waals surface area (Å²) in [7, 11) is 0. The zero-order valence-corrected chi connectivity index (χ0v) is 12.1. The van der Waals surface area contributed by atoms with Gasteiger partial charge in [0.15, 0.2) is 0 Å². The molecule has 0 radical (unpaired) electrons. The Bertz CT molecular complexity index is 550. The van der Waals surface area contributed by atoms with Gasteiger partial charge in [0.25, 0.3) is 0 Å². The van der Waals surface area contributed by atoms with Crippen LogP contribution in [0.1, 0.15) is 29.2 Å². The molecule has 0 aliphatic rings. The van der Waals surface area contributed by atoms with Crippen molar-refractivity contribution in [1.82, 2.24) is 0 Å². The van der Waals surface area contributed by atoms with Crippen LogP contribution >= 0.6 is 15.9 Å². The molecule has 3 nitrogen and oxygen atoms in total. The Labute approximate surface area is 122 Å². The first-order chi connectivity index (χ1) is 9.33. The Balaban J connectivity index is 3.38. The van der Waals surface area contributed by atoms with Gasteiger partial charge in [0, 0.05) is 5.33 Å². The van der Waals surface area contributed by atoms with E-state index in [-0.39, 0.29) is 28.6 Å². The third kappa shape index (κ3) is 3.97. The minimum atomic E-state index is -4.63. The Morgan fingerprint density at radius 1 is 1.45 bits per heavy atom. The van der Waals surface area contributed by atoms with Crippen LogP contribution in [0.3, 0.4) is 0 Å². The number of esters is 1. The van der Waals surface area contributed by atoms with Gasteiger partial charge in [0.1, 0.15) is 0 Å². The molecule has 0 heterocycles. The number of nitrogens with zero attached hydrogens (tertiary/aromatic N) is 1. The summed E-state index contributed by atoms with van der Waals surface area (Å²) in [6.07, 6.45) is -5.11. The number of rotatable bonds is 4. The number of hydrogen-bond donors (Lipinski definition) is 0. The van der Waals surface area contributed by atoms with Gasteiger partial charge in [-0.2, -0.15) is 18.4 Å². The van der Waals surface area contributed by atoms with Crippen molar-refractivity contribution in [2.24, 2.45) is 0 Å². The number of carbonyl (C=O) groups is 1. The van der Waals surface area contributed by atoms with E-state index < -0.39 is 24.1 Å². The summed E-state index contributed by atoms with van der Waals surface area (Å²) in [5.41, 5.74) is -0.977. The van der Waals surface area contributed by atoms with Gasteiger partial charge < -0.3 is 4.74 Å². The predicted molar refractivity (Wildman–Crippen MR) is 69.1 cm³/mol. The molecule has 0 fully saturated rings. The summed E-state index contributed by atoms with van der Waals surface area (Å²) in [5.74, 6) is -0.732. The molecule has 0 aliphatic carbocycles. The lowest BCUT2D eigenvalue weighted by Gasteiger charge is -2.16. The second kappa shape index (κ2) is 6.75. The maximum Gasteiger partial charge on any atom is 0.416 e. The largest absolute Gasteiger partial charge is 0.466 e.